The van der Waals surface area contributed by atoms with Gasteiger partial charge in [0, 0.05) is 12.4 Å². The van der Waals surface area contributed by atoms with E-state index < -0.39 is 5.54 Å². The van der Waals surface area contributed by atoms with Crippen molar-refractivity contribution in [3.05, 3.63) is 36.8 Å². The zero-order valence-corrected chi connectivity index (χ0v) is 11.3. The van der Waals surface area contributed by atoms with Crippen molar-refractivity contribution in [2.75, 3.05) is 5.32 Å². The lowest BCUT2D eigenvalue weighted by molar-refractivity contribution is -0.121. The lowest BCUT2D eigenvalue weighted by atomic mass is 9.96. The largest absolute Gasteiger partial charge is 0.323 e. The summed E-state index contributed by atoms with van der Waals surface area (Å²) in [7, 11) is 0. The quantitative estimate of drug-likeness (QED) is 0.878. The Bertz CT molecular complexity index is 599. The van der Waals surface area contributed by atoms with Crippen LogP contribution in [-0.4, -0.2) is 26.2 Å². The first-order valence-corrected chi connectivity index (χ1v) is 6.64. The molecule has 0 spiro atoms. The number of hydrogen-bond acceptors (Lipinski definition) is 4. The van der Waals surface area contributed by atoms with Crippen LogP contribution in [0.25, 0.3) is 5.82 Å². The highest BCUT2D eigenvalue weighted by Crippen LogP contribution is 2.38. The van der Waals surface area contributed by atoms with E-state index in [1.165, 1.54) is 0 Å². The first kappa shape index (κ1) is 12.8. The highest BCUT2D eigenvalue weighted by molar-refractivity contribution is 5.98. The molecule has 0 aromatic carbocycles. The number of nitrogens with zero attached hydrogens (tertiary/aromatic N) is 3. The van der Waals surface area contributed by atoms with Crippen LogP contribution in [-0.2, 0) is 4.79 Å². The minimum atomic E-state index is -0.805. The molecular formula is C14H17N5O. The maximum Gasteiger partial charge on any atom is 0.244 e. The Morgan fingerprint density at radius 2 is 2.30 bits per heavy atom. The smallest absolute Gasteiger partial charge is 0.244 e. The van der Waals surface area contributed by atoms with E-state index in [2.05, 4.69) is 15.4 Å². The second kappa shape index (κ2) is 4.72. The van der Waals surface area contributed by atoms with Gasteiger partial charge in [0.15, 0.2) is 5.82 Å². The summed E-state index contributed by atoms with van der Waals surface area (Å²) in [6.45, 7) is 1.78. The van der Waals surface area contributed by atoms with Crippen LogP contribution in [0, 0.1) is 5.92 Å². The van der Waals surface area contributed by atoms with E-state index in [1.54, 1.807) is 36.1 Å². The summed E-state index contributed by atoms with van der Waals surface area (Å²) < 4.78 is 1.66. The van der Waals surface area contributed by atoms with Gasteiger partial charge in [-0.25, -0.2) is 9.67 Å². The highest BCUT2D eigenvalue weighted by atomic mass is 16.2. The highest BCUT2D eigenvalue weighted by Gasteiger charge is 2.44. The van der Waals surface area contributed by atoms with E-state index in [4.69, 9.17) is 5.73 Å². The topological polar surface area (TPSA) is 85.8 Å². The summed E-state index contributed by atoms with van der Waals surface area (Å²) in [5, 5.41) is 6.91. The van der Waals surface area contributed by atoms with Crippen LogP contribution in [0.2, 0.25) is 0 Å². The van der Waals surface area contributed by atoms with E-state index in [9.17, 15) is 4.79 Å². The number of nitrogens with two attached hydrogens (primary N) is 1. The van der Waals surface area contributed by atoms with Crippen LogP contribution in [0.15, 0.2) is 36.8 Å². The van der Waals surface area contributed by atoms with Gasteiger partial charge in [-0.15, -0.1) is 0 Å². The molecule has 1 amide bonds. The number of pyridine rings is 1. The van der Waals surface area contributed by atoms with Gasteiger partial charge < -0.3 is 11.1 Å². The van der Waals surface area contributed by atoms with Gasteiger partial charge in [-0.3, -0.25) is 4.79 Å². The molecule has 0 bridgehead atoms. The predicted molar refractivity (Wildman–Crippen MR) is 75.3 cm³/mol. The average Bonchev–Trinajstić information content (AvgIpc) is 3.17. The zero-order valence-electron chi connectivity index (χ0n) is 11.3. The molecule has 1 unspecified atom stereocenters. The summed E-state index contributed by atoms with van der Waals surface area (Å²) >= 11 is 0. The van der Waals surface area contributed by atoms with Crippen molar-refractivity contribution in [1.82, 2.24) is 14.8 Å². The number of anilines is 1. The molecule has 1 aliphatic carbocycles. The van der Waals surface area contributed by atoms with E-state index in [0.29, 0.717) is 17.4 Å². The fourth-order valence-electron chi connectivity index (χ4n) is 2.13. The first-order chi connectivity index (χ1) is 9.57. The third-order valence-corrected chi connectivity index (χ3v) is 3.66. The maximum atomic E-state index is 12.1. The fraction of sp³-hybridized carbons (Fsp3) is 0.357. The van der Waals surface area contributed by atoms with Crippen LogP contribution in [0.4, 0.5) is 5.69 Å². The van der Waals surface area contributed by atoms with Crippen molar-refractivity contribution in [2.24, 2.45) is 11.7 Å². The van der Waals surface area contributed by atoms with Crippen LogP contribution in [0.3, 0.4) is 0 Å². The molecule has 0 saturated heterocycles. The Morgan fingerprint density at radius 3 is 2.85 bits per heavy atom. The summed E-state index contributed by atoms with van der Waals surface area (Å²) in [4.78, 5) is 16.4. The van der Waals surface area contributed by atoms with E-state index in [-0.39, 0.29) is 5.91 Å². The van der Waals surface area contributed by atoms with Gasteiger partial charge in [0.25, 0.3) is 0 Å². The molecule has 0 aliphatic heterocycles. The Hall–Kier alpha value is -2.21. The Labute approximate surface area is 117 Å². The summed E-state index contributed by atoms with van der Waals surface area (Å²) in [6, 6.07) is 5.42. The lowest BCUT2D eigenvalue weighted by Crippen LogP contribution is -2.50. The summed E-state index contributed by atoms with van der Waals surface area (Å²) in [5.41, 5.74) is 5.91. The molecule has 6 heteroatoms. The number of rotatable bonds is 4. The maximum absolute atomic E-state index is 12.1. The molecular weight excluding hydrogens is 254 g/mol. The second-order valence-corrected chi connectivity index (χ2v) is 5.37. The van der Waals surface area contributed by atoms with Gasteiger partial charge in [0.1, 0.15) is 0 Å². The molecule has 20 heavy (non-hydrogen) atoms. The number of nitrogens with one attached hydrogen (secondary N) is 1. The molecule has 104 valence electrons. The predicted octanol–water partition coefficient (Wildman–Crippen LogP) is 1.33. The Kier molecular flexibility index (Phi) is 3.02. The molecule has 0 radical (unpaired) electrons. The number of amides is 1. The van der Waals surface area contributed by atoms with E-state index in [0.717, 1.165) is 12.8 Å². The standard InChI is InChI=1S/C14H17N5O/c1-14(15,10-3-4-10)13(20)18-11-5-6-12(16-9-11)19-8-2-7-17-19/h2,5-10H,3-4,15H2,1H3,(H,18,20). The van der Waals surface area contributed by atoms with Crippen LogP contribution in [0.1, 0.15) is 19.8 Å². The van der Waals surface area contributed by atoms with Gasteiger partial charge in [0.2, 0.25) is 5.91 Å². The lowest BCUT2D eigenvalue weighted by Gasteiger charge is -2.23. The molecule has 2 aromatic rings. The van der Waals surface area contributed by atoms with Crippen molar-refractivity contribution in [3.8, 4) is 5.82 Å². The van der Waals surface area contributed by atoms with Crippen molar-refractivity contribution in [1.29, 1.82) is 0 Å². The third kappa shape index (κ3) is 2.42. The van der Waals surface area contributed by atoms with Crippen molar-refractivity contribution < 1.29 is 4.79 Å². The minimum Gasteiger partial charge on any atom is -0.323 e. The molecule has 2 aromatic heterocycles. The van der Waals surface area contributed by atoms with Gasteiger partial charge in [-0.1, -0.05) is 0 Å². The number of carbonyl (C=O) groups excluding carboxylic acids is 1. The van der Waals surface area contributed by atoms with E-state index in [1.807, 2.05) is 12.3 Å². The van der Waals surface area contributed by atoms with Crippen LogP contribution >= 0.6 is 0 Å². The summed E-state index contributed by atoms with van der Waals surface area (Å²) in [6.07, 6.45) is 7.16. The number of hydrogen-bond donors (Lipinski definition) is 2. The van der Waals surface area contributed by atoms with Crippen molar-refractivity contribution in [3.63, 3.8) is 0 Å². The van der Waals surface area contributed by atoms with Crippen LogP contribution < -0.4 is 11.1 Å². The van der Waals surface area contributed by atoms with Gasteiger partial charge in [0.05, 0.1) is 17.4 Å². The normalized spacial score (nSPS) is 17.5. The van der Waals surface area contributed by atoms with Gasteiger partial charge >= 0.3 is 0 Å². The van der Waals surface area contributed by atoms with E-state index >= 15 is 0 Å². The SMILES string of the molecule is CC(N)(C(=O)Nc1ccc(-n2cccn2)nc1)C1CC1. The molecule has 6 nitrogen and oxygen atoms in total. The zero-order chi connectivity index (χ0) is 14.2. The molecule has 3 rings (SSSR count). The van der Waals surface area contributed by atoms with Crippen LogP contribution in [0.5, 0.6) is 0 Å². The Morgan fingerprint density at radius 1 is 1.50 bits per heavy atom. The fourth-order valence-corrected chi connectivity index (χ4v) is 2.13. The Balaban J connectivity index is 1.71. The second-order valence-electron chi connectivity index (χ2n) is 5.37. The van der Waals surface area contributed by atoms with Crippen molar-refractivity contribution >= 4 is 11.6 Å². The molecule has 1 saturated carbocycles. The molecule has 1 atom stereocenters. The molecule has 1 fully saturated rings. The first-order valence-electron chi connectivity index (χ1n) is 6.64. The minimum absolute atomic E-state index is 0.159. The van der Waals surface area contributed by atoms with Gasteiger partial charge in [-0.05, 0) is 43.9 Å². The van der Waals surface area contributed by atoms with Crippen molar-refractivity contribution in [2.45, 2.75) is 25.3 Å². The monoisotopic (exact) mass is 271 g/mol. The molecule has 1 aliphatic rings. The number of aromatic nitrogens is 3. The number of carbonyl (C=O) groups is 1. The van der Waals surface area contributed by atoms with Gasteiger partial charge in [-0.2, -0.15) is 5.10 Å². The molecule has 3 N–H and O–H groups in total. The molecule has 2 heterocycles. The third-order valence-electron chi connectivity index (χ3n) is 3.66. The average molecular weight is 271 g/mol. The summed E-state index contributed by atoms with van der Waals surface area (Å²) in [5.74, 6) is 0.832.